The van der Waals surface area contributed by atoms with Gasteiger partial charge in [0.2, 0.25) is 5.91 Å². The van der Waals surface area contributed by atoms with Gasteiger partial charge in [-0.2, -0.15) is 0 Å². The predicted octanol–water partition coefficient (Wildman–Crippen LogP) is 3.12. The Morgan fingerprint density at radius 1 is 1.43 bits per heavy atom. The number of aromatic nitrogens is 1. The van der Waals surface area contributed by atoms with Gasteiger partial charge < -0.3 is 15.0 Å². The Bertz CT molecular complexity index is 730. The van der Waals surface area contributed by atoms with Crippen LogP contribution in [0, 0.1) is 6.92 Å². The van der Waals surface area contributed by atoms with Gasteiger partial charge in [-0.15, -0.1) is 0 Å². The zero-order valence-corrected chi connectivity index (χ0v) is 13.9. The number of benzene rings is 1. The van der Waals surface area contributed by atoms with Gasteiger partial charge >= 0.3 is 0 Å². The van der Waals surface area contributed by atoms with Crippen LogP contribution in [0.4, 0.5) is 11.4 Å². The van der Waals surface area contributed by atoms with Crippen molar-refractivity contribution in [3.8, 4) is 0 Å². The molecule has 1 aliphatic rings. The second-order valence-electron chi connectivity index (χ2n) is 6.14. The first-order valence-electron chi connectivity index (χ1n) is 8.03. The van der Waals surface area contributed by atoms with Crippen LogP contribution in [0.1, 0.15) is 25.5 Å². The van der Waals surface area contributed by atoms with Crippen molar-refractivity contribution in [1.29, 1.82) is 0 Å². The number of hydrogen-bond acceptors (Lipinski definition) is 4. The van der Waals surface area contributed by atoms with Gasteiger partial charge in [-0.25, -0.2) is 0 Å². The number of rotatable bonds is 4. The molecule has 1 aliphatic heterocycles. The van der Waals surface area contributed by atoms with Crippen molar-refractivity contribution >= 4 is 28.2 Å². The molecule has 0 aliphatic carbocycles. The highest BCUT2D eigenvalue weighted by atomic mass is 16.5. The number of aryl methyl sites for hydroxylation is 1. The number of nitrogens with zero attached hydrogens (tertiary/aromatic N) is 2. The highest BCUT2D eigenvalue weighted by Crippen LogP contribution is 2.33. The third-order valence-corrected chi connectivity index (χ3v) is 4.28. The van der Waals surface area contributed by atoms with Crippen LogP contribution in [-0.4, -0.2) is 37.2 Å². The summed E-state index contributed by atoms with van der Waals surface area (Å²) in [6, 6.07) is 8.49. The zero-order valence-electron chi connectivity index (χ0n) is 13.9. The molecule has 1 aromatic carbocycles. The van der Waals surface area contributed by atoms with Crippen LogP contribution in [-0.2, 0) is 9.53 Å². The van der Waals surface area contributed by atoms with Crippen LogP contribution < -0.4 is 10.2 Å². The second-order valence-corrected chi connectivity index (χ2v) is 6.14. The predicted molar refractivity (Wildman–Crippen MR) is 93.0 cm³/mol. The molecule has 0 bridgehead atoms. The average molecular weight is 313 g/mol. The summed E-state index contributed by atoms with van der Waals surface area (Å²) in [7, 11) is 1.76. The van der Waals surface area contributed by atoms with Crippen LogP contribution in [0.25, 0.3) is 10.9 Å². The lowest BCUT2D eigenvalue weighted by atomic mass is 10.1. The third kappa shape index (κ3) is 3.29. The molecule has 1 amide bonds. The van der Waals surface area contributed by atoms with E-state index < -0.39 is 0 Å². The number of amides is 1. The number of ether oxygens (including phenoxy) is 1. The zero-order chi connectivity index (χ0) is 16.4. The SMILES string of the molecule is COC[C@H]1CCCN1c1cc(C)nc2cc(NC(C)=O)ccc12. The Hall–Kier alpha value is -2.14. The van der Waals surface area contributed by atoms with Crippen LogP contribution in [0.5, 0.6) is 0 Å². The molecule has 122 valence electrons. The second kappa shape index (κ2) is 6.54. The summed E-state index contributed by atoms with van der Waals surface area (Å²) in [5.74, 6) is -0.0723. The Morgan fingerprint density at radius 3 is 3.00 bits per heavy atom. The van der Waals surface area contributed by atoms with Gasteiger partial charge in [-0.1, -0.05) is 0 Å². The van der Waals surface area contributed by atoms with Gasteiger partial charge in [-0.3, -0.25) is 9.78 Å². The molecule has 2 aromatic rings. The van der Waals surface area contributed by atoms with Gasteiger partial charge in [-0.05, 0) is 44.0 Å². The van der Waals surface area contributed by atoms with Crippen molar-refractivity contribution in [2.75, 3.05) is 30.5 Å². The smallest absolute Gasteiger partial charge is 0.221 e. The minimum Gasteiger partial charge on any atom is -0.383 e. The minimum atomic E-state index is -0.0723. The van der Waals surface area contributed by atoms with E-state index in [1.54, 1.807) is 7.11 Å². The molecular weight excluding hydrogens is 290 g/mol. The van der Waals surface area contributed by atoms with Gasteiger partial charge in [0.1, 0.15) is 0 Å². The van der Waals surface area contributed by atoms with E-state index in [0.717, 1.165) is 41.9 Å². The lowest BCUT2D eigenvalue weighted by molar-refractivity contribution is -0.114. The molecule has 23 heavy (non-hydrogen) atoms. The molecule has 1 N–H and O–H groups in total. The maximum atomic E-state index is 11.3. The van der Waals surface area contributed by atoms with Crippen LogP contribution >= 0.6 is 0 Å². The van der Waals surface area contributed by atoms with E-state index in [9.17, 15) is 4.79 Å². The summed E-state index contributed by atoms with van der Waals surface area (Å²) >= 11 is 0. The summed E-state index contributed by atoms with van der Waals surface area (Å²) in [6.07, 6.45) is 2.33. The van der Waals surface area contributed by atoms with Crippen molar-refractivity contribution in [2.24, 2.45) is 0 Å². The normalized spacial score (nSPS) is 17.7. The number of anilines is 2. The maximum Gasteiger partial charge on any atom is 0.221 e. The number of carbonyl (C=O) groups is 1. The summed E-state index contributed by atoms with van der Waals surface area (Å²) in [5, 5.41) is 3.94. The van der Waals surface area contributed by atoms with E-state index in [-0.39, 0.29) is 5.91 Å². The van der Waals surface area contributed by atoms with Gasteiger partial charge in [0, 0.05) is 43.0 Å². The molecule has 0 unspecified atom stereocenters. The molecule has 2 heterocycles. The highest BCUT2D eigenvalue weighted by Gasteiger charge is 2.26. The standard InChI is InChI=1S/C18H23N3O2/c1-12-9-18(21-8-4-5-15(21)11-23-3)16-7-6-14(20-13(2)22)10-17(16)19-12/h6-7,9-10,15H,4-5,8,11H2,1-3H3,(H,20,22)/t15-/m1/s1. The molecule has 0 radical (unpaired) electrons. The quantitative estimate of drug-likeness (QED) is 0.942. The van der Waals surface area contributed by atoms with Crippen LogP contribution in [0.3, 0.4) is 0 Å². The van der Waals surface area contributed by atoms with Gasteiger partial charge in [0.15, 0.2) is 0 Å². The van der Waals surface area contributed by atoms with Crippen LogP contribution in [0.15, 0.2) is 24.3 Å². The van der Waals surface area contributed by atoms with E-state index in [1.165, 1.54) is 19.0 Å². The lowest BCUT2D eigenvalue weighted by Gasteiger charge is -2.28. The first-order valence-corrected chi connectivity index (χ1v) is 8.03. The fraction of sp³-hybridized carbons (Fsp3) is 0.444. The molecule has 3 rings (SSSR count). The number of nitrogens with one attached hydrogen (secondary N) is 1. The fourth-order valence-electron chi connectivity index (χ4n) is 3.38. The fourth-order valence-corrected chi connectivity index (χ4v) is 3.38. The summed E-state index contributed by atoms with van der Waals surface area (Å²) in [6.45, 7) is 5.31. The number of pyridine rings is 1. The molecule has 1 saturated heterocycles. The highest BCUT2D eigenvalue weighted by molar-refractivity contribution is 5.97. The Labute approximate surface area is 136 Å². The number of hydrogen-bond donors (Lipinski definition) is 1. The molecule has 1 atom stereocenters. The van der Waals surface area contributed by atoms with E-state index >= 15 is 0 Å². The van der Waals surface area contributed by atoms with E-state index in [1.807, 2.05) is 25.1 Å². The first kappa shape index (κ1) is 15.7. The summed E-state index contributed by atoms with van der Waals surface area (Å²) < 4.78 is 5.38. The minimum absolute atomic E-state index is 0.0723. The Balaban J connectivity index is 2.04. The van der Waals surface area contributed by atoms with Crippen molar-refractivity contribution in [3.05, 3.63) is 30.0 Å². The summed E-state index contributed by atoms with van der Waals surface area (Å²) in [4.78, 5) is 18.3. The van der Waals surface area contributed by atoms with Gasteiger partial charge in [0.25, 0.3) is 0 Å². The van der Waals surface area contributed by atoms with E-state index in [2.05, 4.69) is 21.3 Å². The third-order valence-electron chi connectivity index (χ3n) is 4.28. The lowest BCUT2D eigenvalue weighted by Crippen LogP contribution is -2.33. The van der Waals surface area contributed by atoms with Crippen molar-refractivity contribution < 1.29 is 9.53 Å². The van der Waals surface area contributed by atoms with Crippen LogP contribution in [0.2, 0.25) is 0 Å². The van der Waals surface area contributed by atoms with Crippen molar-refractivity contribution in [3.63, 3.8) is 0 Å². The molecule has 0 spiro atoms. The van der Waals surface area contributed by atoms with E-state index in [0.29, 0.717) is 6.04 Å². The average Bonchev–Trinajstić information content (AvgIpc) is 2.94. The molecule has 0 saturated carbocycles. The van der Waals surface area contributed by atoms with Crippen molar-refractivity contribution in [2.45, 2.75) is 32.7 Å². The molecule has 1 fully saturated rings. The van der Waals surface area contributed by atoms with E-state index in [4.69, 9.17) is 4.74 Å². The maximum absolute atomic E-state index is 11.3. The molecular formula is C18H23N3O2. The number of methoxy groups -OCH3 is 1. The summed E-state index contributed by atoms with van der Waals surface area (Å²) in [5.41, 5.74) is 3.88. The topological polar surface area (TPSA) is 54.5 Å². The molecule has 5 heteroatoms. The number of carbonyl (C=O) groups excluding carboxylic acids is 1. The Kier molecular flexibility index (Phi) is 4.48. The monoisotopic (exact) mass is 313 g/mol. The number of fused-ring (bicyclic) bond motifs is 1. The largest absolute Gasteiger partial charge is 0.383 e. The Morgan fingerprint density at radius 2 is 2.26 bits per heavy atom. The molecule has 1 aromatic heterocycles. The molecule has 5 nitrogen and oxygen atoms in total. The van der Waals surface area contributed by atoms with Gasteiger partial charge in [0.05, 0.1) is 18.2 Å². The van der Waals surface area contributed by atoms with Crippen molar-refractivity contribution in [1.82, 2.24) is 4.98 Å². The first-order chi connectivity index (χ1) is 11.1.